The molecule has 26 heavy (non-hydrogen) atoms. The summed E-state index contributed by atoms with van der Waals surface area (Å²) in [6.07, 6.45) is 3.38. The summed E-state index contributed by atoms with van der Waals surface area (Å²) in [6.45, 7) is 1.89. The lowest BCUT2D eigenvalue weighted by atomic mass is 10.1. The van der Waals surface area contributed by atoms with E-state index in [1.165, 1.54) is 32.3 Å². The van der Waals surface area contributed by atoms with Crippen LogP contribution in [0, 0.1) is 0 Å². The maximum Gasteiger partial charge on any atom is 0.256 e. The Bertz CT molecular complexity index is 905. The van der Waals surface area contributed by atoms with Gasteiger partial charge in [-0.25, -0.2) is 12.7 Å². The largest absolute Gasteiger partial charge is 0.467 e. The Morgan fingerprint density at radius 2 is 1.96 bits per heavy atom. The maximum atomic E-state index is 13.2. The van der Waals surface area contributed by atoms with Crippen molar-refractivity contribution in [3.63, 3.8) is 0 Å². The average molecular weight is 397 g/mol. The van der Waals surface area contributed by atoms with Crippen LogP contribution in [0.2, 0.25) is 5.02 Å². The number of benzene rings is 1. The number of amides is 1. The molecule has 1 unspecified atom stereocenters. The maximum absolute atomic E-state index is 13.2. The highest BCUT2D eigenvalue weighted by Crippen LogP contribution is 2.37. The Hall–Kier alpha value is -1.83. The van der Waals surface area contributed by atoms with Crippen molar-refractivity contribution < 1.29 is 17.6 Å². The predicted molar refractivity (Wildman–Crippen MR) is 98.6 cm³/mol. The molecule has 0 saturated heterocycles. The third-order valence-electron chi connectivity index (χ3n) is 4.49. The summed E-state index contributed by atoms with van der Waals surface area (Å²) < 4.78 is 31.4. The summed E-state index contributed by atoms with van der Waals surface area (Å²) >= 11 is 6.24. The van der Waals surface area contributed by atoms with E-state index in [0.717, 1.165) is 17.1 Å². The summed E-state index contributed by atoms with van der Waals surface area (Å²) in [7, 11) is -0.767. The van der Waals surface area contributed by atoms with Crippen molar-refractivity contribution in [3.8, 4) is 0 Å². The molecule has 0 radical (unpaired) electrons. The Morgan fingerprint density at radius 1 is 1.27 bits per heavy atom. The van der Waals surface area contributed by atoms with Crippen LogP contribution in [0.5, 0.6) is 0 Å². The van der Waals surface area contributed by atoms with E-state index >= 15 is 0 Å². The van der Waals surface area contributed by atoms with Crippen LogP contribution >= 0.6 is 11.6 Å². The highest BCUT2D eigenvalue weighted by atomic mass is 35.5. The zero-order valence-corrected chi connectivity index (χ0v) is 16.4. The first-order valence-electron chi connectivity index (χ1n) is 8.31. The lowest BCUT2D eigenvalue weighted by Crippen LogP contribution is -2.35. The summed E-state index contributed by atoms with van der Waals surface area (Å²) in [5.74, 6) is 0.385. The van der Waals surface area contributed by atoms with Crippen LogP contribution in [0.15, 0.2) is 45.9 Å². The first kappa shape index (κ1) is 18.9. The Labute approximate surface area is 158 Å². The van der Waals surface area contributed by atoms with Gasteiger partial charge in [0.05, 0.1) is 27.8 Å². The smallest absolute Gasteiger partial charge is 0.256 e. The molecule has 3 rings (SSSR count). The number of hydrogen-bond donors (Lipinski definition) is 0. The van der Waals surface area contributed by atoms with E-state index in [9.17, 15) is 13.2 Å². The topological polar surface area (TPSA) is 70.8 Å². The van der Waals surface area contributed by atoms with Crippen molar-refractivity contribution in [1.82, 2.24) is 9.21 Å². The minimum atomic E-state index is -3.66. The van der Waals surface area contributed by atoms with Crippen LogP contribution < -0.4 is 0 Å². The van der Waals surface area contributed by atoms with Gasteiger partial charge >= 0.3 is 0 Å². The molecule has 0 spiro atoms. The number of nitrogens with zero attached hydrogens (tertiary/aromatic N) is 2. The molecule has 1 aromatic heterocycles. The van der Waals surface area contributed by atoms with Crippen molar-refractivity contribution in [2.75, 3.05) is 14.1 Å². The molecule has 1 amide bonds. The molecule has 2 aromatic rings. The van der Waals surface area contributed by atoms with Gasteiger partial charge in [-0.05, 0) is 50.1 Å². The van der Waals surface area contributed by atoms with E-state index in [-0.39, 0.29) is 33.5 Å². The van der Waals surface area contributed by atoms with Crippen molar-refractivity contribution >= 4 is 27.5 Å². The number of sulfonamides is 1. The SMILES string of the molecule is CC(c1ccco1)N(C(=O)c1cc(S(=O)(=O)N(C)C)ccc1Cl)C1CC1. The second-order valence-electron chi connectivity index (χ2n) is 6.56. The fraction of sp³-hybridized carbons (Fsp3) is 0.389. The van der Waals surface area contributed by atoms with Gasteiger partial charge in [-0.3, -0.25) is 4.79 Å². The van der Waals surface area contributed by atoms with E-state index in [1.807, 2.05) is 13.0 Å². The van der Waals surface area contributed by atoms with E-state index in [4.69, 9.17) is 16.0 Å². The summed E-state index contributed by atoms with van der Waals surface area (Å²) in [5.41, 5.74) is 0.180. The van der Waals surface area contributed by atoms with Gasteiger partial charge in [-0.15, -0.1) is 0 Å². The molecular weight excluding hydrogens is 376 g/mol. The minimum Gasteiger partial charge on any atom is -0.467 e. The average Bonchev–Trinajstić information content (AvgIpc) is 3.26. The van der Waals surface area contributed by atoms with Gasteiger partial charge in [0.25, 0.3) is 5.91 Å². The molecule has 1 saturated carbocycles. The number of hydrogen-bond acceptors (Lipinski definition) is 4. The zero-order chi connectivity index (χ0) is 19.1. The van der Waals surface area contributed by atoms with E-state index in [1.54, 1.807) is 17.2 Å². The van der Waals surface area contributed by atoms with Gasteiger partial charge < -0.3 is 9.32 Å². The normalized spacial score (nSPS) is 15.9. The van der Waals surface area contributed by atoms with Gasteiger partial charge in [-0.1, -0.05) is 11.6 Å². The standard InChI is InChI=1S/C18H21ClN2O4S/c1-12(17-5-4-10-25-17)21(13-6-7-13)18(22)15-11-14(8-9-16(15)19)26(23,24)20(2)3/h4-5,8-13H,6-7H2,1-3H3. The molecule has 1 atom stereocenters. The number of halogens is 1. The van der Waals surface area contributed by atoms with Crippen molar-refractivity contribution in [1.29, 1.82) is 0 Å². The molecule has 140 valence electrons. The molecule has 8 heteroatoms. The van der Waals surface area contributed by atoms with Gasteiger partial charge in [0.2, 0.25) is 10.0 Å². The van der Waals surface area contributed by atoms with Gasteiger partial charge in [0, 0.05) is 20.1 Å². The summed E-state index contributed by atoms with van der Waals surface area (Å²) in [6, 6.07) is 7.65. The van der Waals surface area contributed by atoms with Gasteiger partial charge in [0.15, 0.2) is 0 Å². The Morgan fingerprint density at radius 3 is 2.50 bits per heavy atom. The first-order valence-corrected chi connectivity index (χ1v) is 10.1. The van der Waals surface area contributed by atoms with Gasteiger partial charge in [0.1, 0.15) is 5.76 Å². The highest BCUT2D eigenvalue weighted by Gasteiger charge is 2.38. The fourth-order valence-electron chi connectivity index (χ4n) is 2.86. The molecule has 1 aromatic carbocycles. The summed E-state index contributed by atoms with van der Waals surface area (Å²) in [5, 5.41) is 0.227. The second-order valence-corrected chi connectivity index (χ2v) is 9.12. The van der Waals surface area contributed by atoms with Crippen LogP contribution in [-0.4, -0.2) is 43.7 Å². The number of carbonyl (C=O) groups is 1. The van der Waals surface area contributed by atoms with Crippen LogP contribution in [0.1, 0.15) is 41.9 Å². The molecular formula is C18H21ClN2O4S. The third-order valence-corrected chi connectivity index (χ3v) is 6.63. The molecule has 0 bridgehead atoms. The van der Waals surface area contributed by atoms with Crippen LogP contribution in [-0.2, 0) is 10.0 Å². The second kappa shape index (κ2) is 7.06. The Balaban J connectivity index is 2.00. The van der Waals surface area contributed by atoms with Crippen LogP contribution in [0.4, 0.5) is 0 Å². The zero-order valence-electron chi connectivity index (χ0n) is 14.8. The molecule has 1 fully saturated rings. The molecule has 0 aliphatic heterocycles. The molecule has 1 aliphatic rings. The quantitative estimate of drug-likeness (QED) is 0.748. The third kappa shape index (κ3) is 3.51. The lowest BCUT2D eigenvalue weighted by molar-refractivity contribution is 0.0652. The molecule has 1 heterocycles. The van der Waals surface area contributed by atoms with Crippen LogP contribution in [0.3, 0.4) is 0 Å². The predicted octanol–water partition coefficient (Wildman–Crippen LogP) is 3.55. The first-order chi connectivity index (χ1) is 12.2. The van der Waals surface area contributed by atoms with E-state index in [2.05, 4.69) is 0 Å². The van der Waals surface area contributed by atoms with Crippen molar-refractivity contribution in [2.24, 2.45) is 0 Å². The van der Waals surface area contributed by atoms with E-state index < -0.39 is 10.0 Å². The van der Waals surface area contributed by atoms with E-state index in [0.29, 0.717) is 5.76 Å². The van der Waals surface area contributed by atoms with Crippen molar-refractivity contribution in [3.05, 3.63) is 52.9 Å². The number of carbonyl (C=O) groups excluding carboxylic acids is 1. The van der Waals surface area contributed by atoms with Gasteiger partial charge in [-0.2, -0.15) is 0 Å². The monoisotopic (exact) mass is 396 g/mol. The molecule has 1 aliphatic carbocycles. The minimum absolute atomic E-state index is 0.0386. The summed E-state index contributed by atoms with van der Waals surface area (Å²) in [4.78, 5) is 15.0. The molecule has 6 nitrogen and oxygen atoms in total. The number of furan rings is 1. The fourth-order valence-corrected chi connectivity index (χ4v) is 3.98. The van der Waals surface area contributed by atoms with Crippen LogP contribution in [0.25, 0.3) is 0 Å². The number of rotatable bonds is 6. The Kier molecular flexibility index (Phi) is 5.14. The highest BCUT2D eigenvalue weighted by molar-refractivity contribution is 7.89. The van der Waals surface area contributed by atoms with Crippen molar-refractivity contribution in [2.45, 2.75) is 36.7 Å². The lowest BCUT2D eigenvalue weighted by Gasteiger charge is -2.28. The molecule has 0 N–H and O–H groups in total.